The molecule has 3 nitrogen and oxygen atoms in total. The first-order chi connectivity index (χ1) is 9.20. The van der Waals surface area contributed by atoms with Crippen LogP contribution in [-0.4, -0.2) is 10.9 Å². The molecule has 0 saturated heterocycles. The molecule has 0 amide bonds. The Hall–Kier alpha value is -2.29. The normalized spacial score (nSPS) is 13.1. The Morgan fingerprint density at radius 1 is 1.05 bits per heavy atom. The van der Waals surface area contributed by atoms with Crippen LogP contribution in [0.5, 0.6) is 5.75 Å². The summed E-state index contributed by atoms with van der Waals surface area (Å²) in [6.45, 7) is 3.77. The molecule has 1 atom stereocenters. The highest BCUT2D eigenvalue weighted by Gasteiger charge is 2.06. The predicted molar refractivity (Wildman–Crippen MR) is 75.9 cm³/mol. The van der Waals surface area contributed by atoms with E-state index in [1.807, 2.05) is 61.5 Å². The van der Waals surface area contributed by atoms with E-state index >= 15 is 0 Å². The van der Waals surface area contributed by atoms with Crippen LogP contribution in [0.3, 0.4) is 0 Å². The molecule has 0 fully saturated rings. The van der Waals surface area contributed by atoms with Crippen molar-refractivity contribution in [3.8, 4) is 5.75 Å². The topological polar surface area (TPSA) is 41.8 Å². The van der Waals surface area contributed by atoms with Crippen molar-refractivity contribution in [2.75, 3.05) is 0 Å². The molecule has 19 heavy (non-hydrogen) atoms. The van der Waals surface area contributed by atoms with Crippen LogP contribution in [0, 0.1) is 0 Å². The zero-order chi connectivity index (χ0) is 13.7. The van der Waals surface area contributed by atoms with Gasteiger partial charge >= 0.3 is 0 Å². The molecule has 0 heterocycles. The number of rotatable bonds is 4. The lowest BCUT2D eigenvalue weighted by molar-refractivity contribution is 0.227. The molecule has 1 N–H and O–H groups in total. The second kappa shape index (κ2) is 6.05. The Balaban J connectivity index is 2.08. The number of nitrogens with zero attached hydrogens (tertiary/aromatic N) is 1. The van der Waals surface area contributed by atoms with Gasteiger partial charge in [-0.05, 0) is 49.2 Å². The summed E-state index contributed by atoms with van der Waals surface area (Å²) in [5.41, 5.74) is 2.60. The molecular weight excluding hydrogens is 238 g/mol. The van der Waals surface area contributed by atoms with E-state index in [0.29, 0.717) is 5.71 Å². The van der Waals surface area contributed by atoms with Crippen LogP contribution in [0.25, 0.3) is 0 Å². The minimum atomic E-state index is -0.000319. The van der Waals surface area contributed by atoms with Gasteiger partial charge in [-0.15, -0.1) is 0 Å². The fourth-order valence-corrected chi connectivity index (χ4v) is 1.83. The number of oxime groups is 1. The Kier molecular flexibility index (Phi) is 4.18. The summed E-state index contributed by atoms with van der Waals surface area (Å²) >= 11 is 0. The highest BCUT2D eigenvalue weighted by molar-refractivity contribution is 5.98. The third kappa shape index (κ3) is 3.35. The lowest BCUT2D eigenvalue weighted by atomic mass is 10.1. The van der Waals surface area contributed by atoms with Crippen molar-refractivity contribution < 1.29 is 9.94 Å². The molecule has 2 aromatic rings. The Morgan fingerprint density at radius 3 is 2.26 bits per heavy atom. The van der Waals surface area contributed by atoms with Gasteiger partial charge in [0.15, 0.2) is 0 Å². The predicted octanol–water partition coefficient (Wildman–Crippen LogP) is 4.02. The van der Waals surface area contributed by atoms with Gasteiger partial charge in [0.05, 0.1) is 5.71 Å². The first kappa shape index (κ1) is 13.1. The fraction of sp³-hybridized carbons (Fsp3) is 0.188. The van der Waals surface area contributed by atoms with Gasteiger partial charge in [0.2, 0.25) is 0 Å². The molecule has 0 bridgehead atoms. The smallest absolute Gasteiger partial charge is 0.121 e. The molecule has 1 unspecified atom stereocenters. The summed E-state index contributed by atoms with van der Waals surface area (Å²) in [6.07, 6.45) is -0.000319. The summed E-state index contributed by atoms with van der Waals surface area (Å²) in [4.78, 5) is 0. The van der Waals surface area contributed by atoms with E-state index in [2.05, 4.69) is 5.16 Å². The van der Waals surface area contributed by atoms with Crippen molar-refractivity contribution in [2.24, 2.45) is 5.16 Å². The maximum absolute atomic E-state index is 8.71. The van der Waals surface area contributed by atoms with Gasteiger partial charge in [0.1, 0.15) is 11.9 Å². The third-order valence-corrected chi connectivity index (χ3v) is 3.00. The first-order valence-corrected chi connectivity index (χ1v) is 6.21. The van der Waals surface area contributed by atoms with Crippen molar-refractivity contribution in [3.05, 3.63) is 65.7 Å². The summed E-state index contributed by atoms with van der Waals surface area (Å²) in [7, 11) is 0. The maximum atomic E-state index is 8.71. The number of ether oxygens (including phenoxy) is 1. The zero-order valence-electron chi connectivity index (χ0n) is 11.1. The number of hydrogen-bond acceptors (Lipinski definition) is 3. The van der Waals surface area contributed by atoms with E-state index in [4.69, 9.17) is 9.94 Å². The molecular formula is C16H17NO2. The molecule has 0 aliphatic rings. The molecule has 98 valence electrons. The fourth-order valence-electron chi connectivity index (χ4n) is 1.83. The average molecular weight is 255 g/mol. The van der Waals surface area contributed by atoms with Gasteiger partial charge in [-0.2, -0.15) is 0 Å². The molecule has 2 rings (SSSR count). The maximum Gasteiger partial charge on any atom is 0.121 e. The Bertz CT molecular complexity index is 547. The second-order valence-electron chi connectivity index (χ2n) is 4.38. The van der Waals surface area contributed by atoms with Gasteiger partial charge in [0.25, 0.3) is 0 Å². The minimum absolute atomic E-state index is 0.000319. The van der Waals surface area contributed by atoms with E-state index < -0.39 is 0 Å². The molecule has 3 heteroatoms. The Labute approximate surface area is 113 Å². The lowest BCUT2D eigenvalue weighted by Gasteiger charge is -2.15. The molecule has 0 aliphatic carbocycles. The lowest BCUT2D eigenvalue weighted by Crippen LogP contribution is -2.03. The van der Waals surface area contributed by atoms with Crippen LogP contribution >= 0.6 is 0 Å². The van der Waals surface area contributed by atoms with E-state index in [9.17, 15) is 0 Å². The van der Waals surface area contributed by atoms with E-state index in [-0.39, 0.29) is 6.10 Å². The van der Waals surface area contributed by atoms with E-state index in [1.165, 1.54) is 0 Å². The SMILES string of the molecule is C/C(=N\O)c1ccc(OC(C)c2ccccc2)cc1. The van der Waals surface area contributed by atoms with Crippen LogP contribution in [0.2, 0.25) is 0 Å². The van der Waals surface area contributed by atoms with Crippen molar-refractivity contribution in [2.45, 2.75) is 20.0 Å². The molecule has 0 spiro atoms. The van der Waals surface area contributed by atoms with Crippen LogP contribution < -0.4 is 4.74 Å². The summed E-state index contributed by atoms with van der Waals surface area (Å²) in [6, 6.07) is 17.6. The largest absolute Gasteiger partial charge is 0.486 e. The summed E-state index contributed by atoms with van der Waals surface area (Å²) in [5.74, 6) is 0.797. The van der Waals surface area contributed by atoms with E-state index in [1.54, 1.807) is 6.92 Å². The summed E-state index contributed by atoms with van der Waals surface area (Å²) < 4.78 is 5.87. The molecule has 0 saturated carbocycles. The van der Waals surface area contributed by atoms with Crippen LogP contribution in [0.4, 0.5) is 0 Å². The van der Waals surface area contributed by atoms with E-state index in [0.717, 1.165) is 16.9 Å². The zero-order valence-corrected chi connectivity index (χ0v) is 11.1. The highest BCUT2D eigenvalue weighted by Crippen LogP contribution is 2.21. The molecule has 2 aromatic carbocycles. The molecule has 0 aliphatic heterocycles. The van der Waals surface area contributed by atoms with Gasteiger partial charge in [-0.3, -0.25) is 0 Å². The first-order valence-electron chi connectivity index (χ1n) is 6.21. The average Bonchev–Trinajstić information content (AvgIpc) is 2.48. The van der Waals surface area contributed by atoms with Crippen LogP contribution in [-0.2, 0) is 0 Å². The van der Waals surface area contributed by atoms with Crippen LogP contribution in [0.1, 0.15) is 31.1 Å². The number of hydrogen-bond donors (Lipinski definition) is 1. The number of benzene rings is 2. The molecule has 0 aromatic heterocycles. The minimum Gasteiger partial charge on any atom is -0.486 e. The standard InChI is InChI=1S/C16H17NO2/c1-12(17-18)14-8-10-16(11-9-14)19-13(2)15-6-4-3-5-7-15/h3-11,13,18H,1-2H3/b17-12+. The van der Waals surface area contributed by atoms with Crippen molar-refractivity contribution in [1.29, 1.82) is 0 Å². The van der Waals surface area contributed by atoms with Gasteiger partial charge in [-0.1, -0.05) is 35.5 Å². The van der Waals surface area contributed by atoms with Crippen molar-refractivity contribution in [1.82, 2.24) is 0 Å². The Morgan fingerprint density at radius 2 is 1.68 bits per heavy atom. The van der Waals surface area contributed by atoms with Gasteiger partial charge < -0.3 is 9.94 Å². The van der Waals surface area contributed by atoms with Gasteiger partial charge in [-0.25, -0.2) is 0 Å². The second-order valence-corrected chi connectivity index (χ2v) is 4.38. The van der Waals surface area contributed by atoms with Crippen LogP contribution in [0.15, 0.2) is 59.8 Å². The monoisotopic (exact) mass is 255 g/mol. The van der Waals surface area contributed by atoms with Gasteiger partial charge in [0, 0.05) is 0 Å². The highest BCUT2D eigenvalue weighted by atomic mass is 16.5. The van der Waals surface area contributed by atoms with Crippen molar-refractivity contribution >= 4 is 5.71 Å². The molecule has 0 radical (unpaired) electrons. The quantitative estimate of drug-likeness (QED) is 0.509. The third-order valence-electron chi connectivity index (χ3n) is 3.00. The van der Waals surface area contributed by atoms with Crippen molar-refractivity contribution in [3.63, 3.8) is 0 Å². The summed E-state index contributed by atoms with van der Waals surface area (Å²) in [5, 5.41) is 11.9.